The van der Waals surface area contributed by atoms with Crippen molar-refractivity contribution in [2.24, 2.45) is 0 Å². The lowest BCUT2D eigenvalue weighted by atomic mass is 10.1. The average molecular weight is 262 g/mol. The Balaban J connectivity index is 1.93. The molecule has 0 bridgehead atoms. The third kappa shape index (κ3) is 2.34. The third-order valence-corrected chi connectivity index (χ3v) is 3.72. The first-order valence-electron chi connectivity index (χ1n) is 6.30. The number of nitrogens with one attached hydrogen (secondary N) is 1. The lowest BCUT2D eigenvalue weighted by Gasteiger charge is -2.27. The summed E-state index contributed by atoms with van der Waals surface area (Å²) < 4.78 is 0. The van der Waals surface area contributed by atoms with E-state index in [4.69, 9.17) is 11.6 Å². The Kier molecular flexibility index (Phi) is 3.46. The number of piperazine rings is 1. The Bertz CT molecular complexity index is 550. The minimum absolute atomic E-state index is 0.731. The fourth-order valence-corrected chi connectivity index (χ4v) is 2.67. The molecule has 0 spiro atoms. The first kappa shape index (κ1) is 11.9. The van der Waals surface area contributed by atoms with E-state index in [-0.39, 0.29) is 0 Å². The van der Waals surface area contributed by atoms with Gasteiger partial charge in [0.25, 0.3) is 0 Å². The fraction of sp³-hybridized carbons (Fsp3) is 0.357. The summed E-state index contributed by atoms with van der Waals surface area (Å²) in [5, 5.41) is 5.27. The molecule has 2 heterocycles. The van der Waals surface area contributed by atoms with Gasteiger partial charge in [0.1, 0.15) is 0 Å². The van der Waals surface area contributed by atoms with Gasteiger partial charge in [-0.05, 0) is 17.7 Å². The Morgan fingerprint density at radius 3 is 2.89 bits per heavy atom. The van der Waals surface area contributed by atoms with Crippen molar-refractivity contribution in [1.29, 1.82) is 0 Å². The van der Waals surface area contributed by atoms with Gasteiger partial charge in [0.15, 0.2) is 0 Å². The molecule has 0 unspecified atom stereocenters. The number of pyridine rings is 1. The molecule has 0 amide bonds. The van der Waals surface area contributed by atoms with Gasteiger partial charge in [0.05, 0.1) is 10.5 Å². The van der Waals surface area contributed by atoms with Crippen molar-refractivity contribution in [3.8, 4) is 0 Å². The molecule has 0 saturated carbocycles. The molecule has 3 rings (SSSR count). The highest BCUT2D eigenvalue weighted by molar-refractivity contribution is 6.35. The summed E-state index contributed by atoms with van der Waals surface area (Å²) in [6.45, 7) is 5.32. The second kappa shape index (κ2) is 5.22. The second-order valence-electron chi connectivity index (χ2n) is 4.63. The molecule has 3 nitrogen and oxygen atoms in total. The molecule has 1 fully saturated rings. The highest BCUT2D eigenvalue weighted by atomic mass is 35.5. The monoisotopic (exact) mass is 261 g/mol. The number of para-hydroxylation sites is 1. The van der Waals surface area contributed by atoms with Crippen LogP contribution in [0.1, 0.15) is 5.56 Å². The quantitative estimate of drug-likeness (QED) is 0.899. The van der Waals surface area contributed by atoms with Gasteiger partial charge in [-0.1, -0.05) is 23.7 Å². The number of rotatable bonds is 2. The lowest BCUT2D eigenvalue weighted by Crippen LogP contribution is -2.42. The SMILES string of the molecule is Clc1cccc2c(CN3CCNCC3)ccnc12. The molecule has 2 aromatic rings. The molecule has 0 atom stereocenters. The van der Waals surface area contributed by atoms with E-state index in [1.54, 1.807) is 0 Å². The lowest BCUT2D eigenvalue weighted by molar-refractivity contribution is 0.234. The van der Waals surface area contributed by atoms with Crippen LogP contribution in [0.3, 0.4) is 0 Å². The van der Waals surface area contributed by atoms with Gasteiger partial charge in [-0.2, -0.15) is 0 Å². The van der Waals surface area contributed by atoms with Crippen LogP contribution in [-0.4, -0.2) is 36.1 Å². The maximum Gasteiger partial charge on any atom is 0.0891 e. The van der Waals surface area contributed by atoms with E-state index in [0.717, 1.165) is 43.3 Å². The van der Waals surface area contributed by atoms with Crippen molar-refractivity contribution < 1.29 is 0 Å². The van der Waals surface area contributed by atoms with E-state index in [1.807, 2.05) is 18.3 Å². The minimum atomic E-state index is 0.731. The van der Waals surface area contributed by atoms with E-state index in [9.17, 15) is 0 Å². The second-order valence-corrected chi connectivity index (χ2v) is 5.04. The Hall–Kier alpha value is -1.16. The molecule has 4 heteroatoms. The zero-order valence-electron chi connectivity index (χ0n) is 10.2. The maximum atomic E-state index is 6.19. The molecule has 1 saturated heterocycles. The third-order valence-electron chi connectivity index (χ3n) is 3.42. The molecule has 1 aromatic heterocycles. The standard InChI is InChI=1S/C14H16ClN3/c15-13-3-1-2-12-11(4-5-17-14(12)13)10-18-8-6-16-7-9-18/h1-5,16H,6-10H2. The summed E-state index contributed by atoms with van der Waals surface area (Å²) >= 11 is 6.19. The van der Waals surface area contributed by atoms with Crippen LogP contribution >= 0.6 is 11.6 Å². The largest absolute Gasteiger partial charge is 0.314 e. The number of hydrogen-bond acceptors (Lipinski definition) is 3. The van der Waals surface area contributed by atoms with Crippen LogP contribution < -0.4 is 5.32 Å². The van der Waals surface area contributed by atoms with Gasteiger partial charge in [-0.15, -0.1) is 0 Å². The van der Waals surface area contributed by atoms with Gasteiger partial charge in [0.2, 0.25) is 0 Å². The highest BCUT2D eigenvalue weighted by Crippen LogP contribution is 2.24. The predicted octanol–water partition coefficient (Wildman–Crippen LogP) is 2.29. The summed E-state index contributed by atoms with van der Waals surface area (Å²) in [4.78, 5) is 6.84. The molecule has 1 aliphatic rings. The predicted molar refractivity (Wildman–Crippen MR) is 74.9 cm³/mol. The summed E-state index contributed by atoms with van der Waals surface area (Å²) in [5.74, 6) is 0. The number of hydrogen-bond donors (Lipinski definition) is 1. The van der Waals surface area contributed by atoms with Gasteiger partial charge < -0.3 is 5.32 Å². The zero-order valence-corrected chi connectivity index (χ0v) is 11.0. The number of nitrogens with zero attached hydrogens (tertiary/aromatic N) is 2. The molecule has 94 valence electrons. The maximum absolute atomic E-state index is 6.19. The Morgan fingerprint density at radius 2 is 2.06 bits per heavy atom. The number of benzene rings is 1. The van der Waals surface area contributed by atoms with E-state index in [2.05, 4.69) is 27.3 Å². The van der Waals surface area contributed by atoms with Crippen LogP contribution in [0.4, 0.5) is 0 Å². The molecule has 0 aliphatic carbocycles. The van der Waals surface area contributed by atoms with Gasteiger partial charge in [0, 0.05) is 44.3 Å². The van der Waals surface area contributed by atoms with E-state index >= 15 is 0 Å². The van der Waals surface area contributed by atoms with Crippen LogP contribution in [0, 0.1) is 0 Å². The van der Waals surface area contributed by atoms with Crippen molar-refractivity contribution in [2.75, 3.05) is 26.2 Å². The van der Waals surface area contributed by atoms with Crippen LogP contribution in [0.15, 0.2) is 30.5 Å². The topological polar surface area (TPSA) is 28.2 Å². The summed E-state index contributed by atoms with van der Waals surface area (Å²) in [6.07, 6.45) is 1.85. The minimum Gasteiger partial charge on any atom is -0.314 e. The van der Waals surface area contributed by atoms with Crippen molar-refractivity contribution in [2.45, 2.75) is 6.54 Å². The number of fused-ring (bicyclic) bond motifs is 1. The van der Waals surface area contributed by atoms with E-state index in [1.165, 1.54) is 10.9 Å². The molecule has 18 heavy (non-hydrogen) atoms. The molecule has 0 radical (unpaired) electrons. The van der Waals surface area contributed by atoms with Crippen molar-refractivity contribution >= 4 is 22.5 Å². The van der Waals surface area contributed by atoms with Crippen molar-refractivity contribution in [3.63, 3.8) is 0 Å². The van der Waals surface area contributed by atoms with Crippen LogP contribution in [0.25, 0.3) is 10.9 Å². The van der Waals surface area contributed by atoms with Crippen molar-refractivity contribution in [1.82, 2.24) is 15.2 Å². The summed E-state index contributed by atoms with van der Waals surface area (Å²) in [7, 11) is 0. The summed E-state index contributed by atoms with van der Waals surface area (Å²) in [5.41, 5.74) is 2.22. The molecular formula is C14H16ClN3. The smallest absolute Gasteiger partial charge is 0.0891 e. The average Bonchev–Trinajstić information content (AvgIpc) is 2.41. The van der Waals surface area contributed by atoms with E-state index < -0.39 is 0 Å². The first-order valence-corrected chi connectivity index (χ1v) is 6.67. The number of halogens is 1. The molecule has 1 aliphatic heterocycles. The van der Waals surface area contributed by atoms with E-state index in [0.29, 0.717) is 0 Å². The number of aromatic nitrogens is 1. The zero-order chi connectivity index (χ0) is 12.4. The fourth-order valence-electron chi connectivity index (χ4n) is 2.45. The van der Waals surface area contributed by atoms with Gasteiger partial charge >= 0.3 is 0 Å². The Morgan fingerprint density at radius 1 is 1.22 bits per heavy atom. The normalized spacial score (nSPS) is 17.2. The van der Waals surface area contributed by atoms with Crippen molar-refractivity contribution in [3.05, 3.63) is 41.0 Å². The molecule has 1 N–H and O–H groups in total. The van der Waals surface area contributed by atoms with Crippen LogP contribution in [-0.2, 0) is 6.54 Å². The van der Waals surface area contributed by atoms with Crippen LogP contribution in [0.2, 0.25) is 5.02 Å². The summed E-state index contributed by atoms with van der Waals surface area (Å²) in [6, 6.07) is 8.09. The first-order chi connectivity index (χ1) is 8.84. The van der Waals surface area contributed by atoms with Gasteiger partial charge in [-0.3, -0.25) is 9.88 Å². The van der Waals surface area contributed by atoms with Gasteiger partial charge in [-0.25, -0.2) is 0 Å². The highest BCUT2D eigenvalue weighted by Gasteiger charge is 2.12. The Labute approximate surface area is 112 Å². The molecular weight excluding hydrogens is 246 g/mol. The molecule has 1 aromatic carbocycles. The van der Waals surface area contributed by atoms with Crippen LogP contribution in [0.5, 0.6) is 0 Å².